The zero-order valence-corrected chi connectivity index (χ0v) is 10.8. The lowest BCUT2D eigenvalue weighted by molar-refractivity contribution is 0.0249. The van der Waals surface area contributed by atoms with Gasteiger partial charge in [-0.25, -0.2) is 4.79 Å². The normalized spacial score (nSPS) is 15.2. The van der Waals surface area contributed by atoms with E-state index in [0.29, 0.717) is 18.8 Å². The van der Waals surface area contributed by atoms with Gasteiger partial charge in [-0.1, -0.05) is 0 Å². The first-order valence-corrected chi connectivity index (χ1v) is 5.62. The monoisotopic (exact) mass is 248 g/mol. The summed E-state index contributed by atoms with van der Waals surface area (Å²) >= 11 is 0. The van der Waals surface area contributed by atoms with E-state index in [0.717, 1.165) is 0 Å². The minimum Gasteiger partial charge on any atom is -0.444 e. The van der Waals surface area contributed by atoms with Crippen LogP contribution in [0.1, 0.15) is 20.8 Å². The molecule has 0 aromatic heterocycles. The number of carbonyl (C=O) groups excluding carboxylic acids is 1. The molecule has 0 saturated carbocycles. The van der Waals surface area contributed by atoms with Crippen molar-refractivity contribution in [1.29, 1.82) is 10.5 Å². The average molecular weight is 248 g/mol. The van der Waals surface area contributed by atoms with E-state index in [2.05, 4.69) is 5.32 Å². The number of carbonyl (C=O) groups is 1. The van der Waals surface area contributed by atoms with E-state index in [1.165, 1.54) is 4.90 Å². The lowest BCUT2D eigenvalue weighted by Gasteiger charge is -2.31. The molecule has 0 aromatic carbocycles. The van der Waals surface area contributed by atoms with E-state index in [1.54, 1.807) is 32.9 Å². The Balaban J connectivity index is 2.78. The first-order chi connectivity index (χ1) is 8.37. The van der Waals surface area contributed by atoms with Crippen LogP contribution in [0, 0.1) is 22.7 Å². The Morgan fingerprint density at radius 1 is 1.39 bits per heavy atom. The summed E-state index contributed by atoms with van der Waals surface area (Å²) in [5, 5.41) is 20.5. The van der Waals surface area contributed by atoms with Crippen LogP contribution in [0.5, 0.6) is 0 Å². The van der Waals surface area contributed by atoms with Gasteiger partial charge in [0.25, 0.3) is 0 Å². The third-order valence-electron chi connectivity index (χ3n) is 2.25. The highest BCUT2D eigenvalue weighted by atomic mass is 16.6. The van der Waals surface area contributed by atoms with Gasteiger partial charge >= 0.3 is 6.09 Å². The number of nitrogens with zero attached hydrogens (tertiary/aromatic N) is 3. The van der Waals surface area contributed by atoms with Gasteiger partial charge in [0.1, 0.15) is 23.3 Å². The summed E-state index contributed by atoms with van der Waals surface area (Å²) in [5.74, 6) is 0. The molecule has 0 radical (unpaired) electrons. The summed E-state index contributed by atoms with van der Waals surface area (Å²) in [6.07, 6.45) is -0.434. The third-order valence-corrected chi connectivity index (χ3v) is 2.25. The number of nitrogens with one attached hydrogen (secondary N) is 1. The van der Waals surface area contributed by atoms with Gasteiger partial charge in [-0.2, -0.15) is 10.5 Å². The maximum absolute atomic E-state index is 11.8. The minimum atomic E-state index is -0.556. The van der Waals surface area contributed by atoms with Crippen molar-refractivity contribution in [2.24, 2.45) is 0 Å². The van der Waals surface area contributed by atoms with Crippen LogP contribution in [-0.4, -0.2) is 36.2 Å². The minimum absolute atomic E-state index is 0.00302. The molecule has 0 spiro atoms. The van der Waals surface area contributed by atoms with Crippen molar-refractivity contribution in [2.75, 3.05) is 19.6 Å². The summed E-state index contributed by atoms with van der Waals surface area (Å²) in [5.41, 5.74) is -0.0839. The molecule has 0 bridgehead atoms. The SMILES string of the molecule is CC(C)(C)OC(=O)N1CCNC(=C(C#N)C#N)C1. The number of amides is 1. The smallest absolute Gasteiger partial charge is 0.410 e. The maximum Gasteiger partial charge on any atom is 0.410 e. The van der Waals surface area contributed by atoms with Crippen molar-refractivity contribution in [2.45, 2.75) is 26.4 Å². The Hall–Kier alpha value is -2.21. The number of hydrogen-bond donors (Lipinski definition) is 1. The third kappa shape index (κ3) is 3.67. The Morgan fingerprint density at radius 2 is 2.00 bits per heavy atom. The van der Waals surface area contributed by atoms with Gasteiger partial charge in [0.15, 0.2) is 0 Å². The molecule has 0 aliphatic carbocycles. The molecule has 18 heavy (non-hydrogen) atoms. The number of allylic oxidation sites excluding steroid dienone is 1. The van der Waals surface area contributed by atoms with Gasteiger partial charge < -0.3 is 15.0 Å². The predicted molar refractivity (Wildman–Crippen MR) is 64.1 cm³/mol. The average Bonchev–Trinajstić information content (AvgIpc) is 2.29. The van der Waals surface area contributed by atoms with E-state index in [1.807, 2.05) is 0 Å². The molecule has 0 aromatic rings. The highest BCUT2D eigenvalue weighted by Gasteiger charge is 2.26. The number of rotatable bonds is 0. The molecule has 1 fully saturated rings. The zero-order valence-electron chi connectivity index (χ0n) is 10.8. The van der Waals surface area contributed by atoms with Crippen molar-refractivity contribution in [3.8, 4) is 12.1 Å². The fourth-order valence-corrected chi connectivity index (χ4v) is 1.48. The van der Waals surface area contributed by atoms with Gasteiger partial charge in [-0.3, -0.25) is 0 Å². The van der Waals surface area contributed by atoms with E-state index >= 15 is 0 Å². The van der Waals surface area contributed by atoms with Crippen molar-refractivity contribution in [3.63, 3.8) is 0 Å². The summed E-state index contributed by atoms with van der Waals surface area (Å²) in [6.45, 7) is 6.56. The van der Waals surface area contributed by atoms with Gasteiger partial charge in [0, 0.05) is 13.1 Å². The number of nitriles is 2. The standard InChI is InChI=1S/C12H16N4O2/c1-12(2,3)18-11(17)16-5-4-15-10(8-16)9(6-13)7-14/h15H,4-5,8H2,1-3H3. The fourth-order valence-electron chi connectivity index (χ4n) is 1.48. The lowest BCUT2D eigenvalue weighted by Crippen LogP contribution is -2.47. The second-order valence-electron chi connectivity index (χ2n) is 4.91. The van der Waals surface area contributed by atoms with Gasteiger partial charge in [0.05, 0.1) is 12.2 Å². The van der Waals surface area contributed by atoms with Crippen molar-refractivity contribution in [3.05, 3.63) is 11.3 Å². The molecule has 6 heteroatoms. The summed E-state index contributed by atoms with van der Waals surface area (Å²) in [7, 11) is 0. The molecule has 6 nitrogen and oxygen atoms in total. The van der Waals surface area contributed by atoms with Crippen LogP contribution < -0.4 is 5.32 Å². The van der Waals surface area contributed by atoms with Crippen molar-refractivity contribution < 1.29 is 9.53 Å². The quantitative estimate of drug-likeness (QED) is 0.649. The lowest BCUT2D eigenvalue weighted by atomic mass is 10.2. The van der Waals surface area contributed by atoms with E-state index in [4.69, 9.17) is 15.3 Å². The molecule has 1 N–H and O–H groups in total. The van der Waals surface area contributed by atoms with Gasteiger partial charge in [-0.05, 0) is 20.8 Å². The second kappa shape index (κ2) is 5.42. The highest BCUT2D eigenvalue weighted by Crippen LogP contribution is 2.13. The largest absolute Gasteiger partial charge is 0.444 e. The first kappa shape index (κ1) is 13.9. The van der Waals surface area contributed by atoms with Crippen molar-refractivity contribution in [1.82, 2.24) is 10.2 Å². The van der Waals surface area contributed by atoms with Crippen LogP contribution in [0.15, 0.2) is 11.3 Å². The van der Waals surface area contributed by atoms with Crippen LogP contribution in [0.4, 0.5) is 4.79 Å². The van der Waals surface area contributed by atoms with Gasteiger partial charge in [-0.15, -0.1) is 0 Å². The number of hydrogen-bond acceptors (Lipinski definition) is 5. The molecule has 0 unspecified atom stereocenters. The van der Waals surface area contributed by atoms with E-state index < -0.39 is 11.7 Å². The Bertz CT molecular complexity index is 432. The fraction of sp³-hybridized carbons (Fsp3) is 0.583. The molecule has 1 aliphatic rings. The molecule has 1 amide bonds. The van der Waals surface area contributed by atoms with Crippen LogP contribution >= 0.6 is 0 Å². The molecular formula is C12H16N4O2. The molecule has 1 aliphatic heterocycles. The topological polar surface area (TPSA) is 89.2 Å². The predicted octanol–water partition coefficient (Wildman–Crippen LogP) is 1.13. The molecule has 0 atom stereocenters. The Morgan fingerprint density at radius 3 is 2.50 bits per heavy atom. The Labute approximate surface area is 106 Å². The van der Waals surface area contributed by atoms with E-state index in [-0.39, 0.29) is 12.1 Å². The molecule has 1 rings (SSSR count). The second-order valence-corrected chi connectivity index (χ2v) is 4.91. The molecule has 96 valence electrons. The van der Waals surface area contributed by atoms with Gasteiger partial charge in [0.2, 0.25) is 0 Å². The molecular weight excluding hydrogens is 232 g/mol. The van der Waals surface area contributed by atoms with E-state index in [9.17, 15) is 4.79 Å². The van der Waals surface area contributed by atoms with Crippen LogP contribution in [0.3, 0.4) is 0 Å². The zero-order chi connectivity index (χ0) is 13.8. The summed E-state index contributed by atoms with van der Waals surface area (Å²) in [4.78, 5) is 13.3. The number of piperazine rings is 1. The summed E-state index contributed by atoms with van der Waals surface area (Å²) in [6, 6.07) is 3.61. The number of ether oxygens (including phenoxy) is 1. The first-order valence-electron chi connectivity index (χ1n) is 5.62. The van der Waals surface area contributed by atoms with Crippen LogP contribution in [0.2, 0.25) is 0 Å². The summed E-state index contributed by atoms with van der Waals surface area (Å²) < 4.78 is 5.24. The van der Waals surface area contributed by atoms with Crippen LogP contribution in [0.25, 0.3) is 0 Å². The maximum atomic E-state index is 11.8. The Kier molecular flexibility index (Phi) is 4.17. The van der Waals surface area contributed by atoms with Crippen molar-refractivity contribution >= 4 is 6.09 Å². The molecule has 1 saturated heterocycles. The van der Waals surface area contributed by atoms with Crippen LogP contribution in [-0.2, 0) is 4.74 Å². The molecule has 1 heterocycles. The highest BCUT2D eigenvalue weighted by molar-refractivity contribution is 5.69.